The average Bonchev–Trinajstić information content (AvgIpc) is 2.90. The lowest BCUT2D eigenvalue weighted by Crippen LogP contribution is -2.21. The normalized spacial score (nSPS) is 10.3. The summed E-state index contributed by atoms with van der Waals surface area (Å²) in [4.78, 5) is 13.1. The van der Waals surface area contributed by atoms with E-state index in [0.717, 1.165) is 11.1 Å². The molecule has 1 heterocycles. The maximum Gasteiger partial charge on any atom is 0.270 e. The molecule has 0 aliphatic carbocycles. The number of hydrogen-bond donors (Lipinski definition) is 1. The molecule has 0 spiro atoms. The Hall–Kier alpha value is -2.41. The summed E-state index contributed by atoms with van der Waals surface area (Å²) in [7, 11) is 0. The molecule has 1 aromatic carbocycles. The van der Waals surface area contributed by atoms with Crippen LogP contribution in [-0.2, 0) is 11.3 Å². The molecule has 0 saturated carbocycles. The molecule has 2 aromatic rings. The number of anilines is 1. The molecule has 1 N–H and O–H groups in total. The number of nitrogens with zero attached hydrogens (tertiary/aromatic N) is 4. The number of nitrogens with one attached hydrogen (secondary N) is 1. The maximum absolute atomic E-state index is 11.8. The van der Waals surface area contributed by atoms with Crippen LogP contribution in [0.4, 0.5) is 5.95 Å². The van der Waals surface area contributed by atoms with Crippen LogP contribution in [0.3, 0.4) is 0 Å². The molecule has 116 valence electrons. The van der Waals surface area contributed by atoms with Crippen molar-refractivity contribution in [3.05, 3.63) is 40.9 Å². The molecule has 7 nitrogen and oxygen atoms in total. The van der Waals surface area contributed by atoms with Crippen LogP contribution >= 0.6 is 11.6 Å². The van der Waals surface area contributed by atoms with E-state index in [0.29, 0.717) is 17.3 Å². The van der Waals surface area contributed by atoms with Gasteiger partial charge in [0.25, 0.3) is 11.9 Å². The van der Waals surface area contributed by atoms with Gasteiger partial charge in [0.05, 0.1) is 6.54 Å². The van der Waals surface area contributed by atoms with Crippen molar-refractivity contribution in [2.45, 2.75) is 20.4 Å². The summed E-state index contributed by atoms with van der Waals surface area (Å²) < 4.78 is 5.44. The largest absolute Gasteiger partial charge is 0.484 e. The molecule has 22 heavy (non-hydrogen) atoms. The minimum atomic E-state index is -0.372. The second kappa shape index (κ2) is 7.04. The number of hydrogen-bond acceptors (Lipinski definition) is 5. The third-order valence-electron chi connectivity index (χ3n) is 2.78. The molecule has 8 heteroatoms. The molecule has 2 rings (SSSR count). The Labute approximate surface area is 132 Å². The first kappa shape index (κ1) is 16.0. The van der Waals surface area contributed by atoms with Crippen LogP contribution in [0.1, 0.15) is 11.1 Å². The monoisotopic (exact) mass is 321 g/mol. The van der Waals surface area contributed by atoms with Gasteiger partial charge in [-0.05, 0) is 42.3 Å². The highest BCUT2D eigenvalue weighted by Gasteiger charge is 2.09. The zero-order valence-corrected chi connectivity index (χ0v) is 13.1. The van der Waals surface area contributed by atoms with Gasteiger partial charge in [0.1, 0.15) is 5.75 Å². The third kappa shape index (κ3) is 4.05. The SMILES string of the molecule is C=CCn1nnc(NC(=O)COc2cc(C)c(Cl)c(C)c2)n1. The van der Waals surface area contributed by atoms with Crippen molar-refractivity contribution in [1.82, 2.24) is 20.2 Å². The average molecular weight is 322 g/mol. The number of carbonyl (C=O) groups excluding carboxylic acids is 1. The van der Waals surface area contributed by atoms with E-state index in [1.165, 1.54) is 4.80 Å². The van der Waals surface area contributed by atoms with Crippen LogP contribution < -0.4 is 10.1 Å². The topological polar surface area (TPSA) is 81.9 Å². The minimum Gasteiger partial charge on any atom is -0.484 e. The molecule has 0 saturated heterocycles. The Balaban J connectivity index is 1.91. The Morgan fingerprint density at radius 2 is 2.14 bits per heavy atom. The predicted octanol–water partition coefficient (Wildman–Crippen LogP) is 2.15. The summed E-state index contributed by atoms with van der Waals surface area (Å²) in [6.07, 6.45) is 1.63. The van der Waals surface area contributed by atoms with Gasteiger partial charge in [0.2, 0.25) is 0 Å². The lowest BCUT2D eigenvalue weighted by molar-refractivity contribution is -0.118. The van der Waals surface area contributed by atoms with E-state index in [9.17, 15) is 4.79 Å². The quantitative estimate of drug-likeness (QED) is 0.824. The van der Waals surface area contributed by atoms with Crippen molar-refractivity contribution < 1.29 is 9.53 Å². The summed E-state index contributed by atoms with van der Waals surface area (Å²) in [5.41, 5.74) is 1.79. The van der Waals surface area contributed by atoms with Gasteiger partial charge in [-0.25, -0.2) is 0 Å². The fourth-order valence-corrected chi connectivity index (χ4v) is 1.89. The Morgan fingerprint density at radius 1 is 1.45 bits per heavy atom. The Kier molecular flexibility index (Phi) is 5.11. The van der Waals surface area contributed by atoms with Crippen LogP contribution in [0.15, 0.2) is 24.8 Å². The molecule has 0 bridgehead atoms. The first-order chi connectivity index (χ1) is 10.5. The molecular weight excluding hydrogens is 306 g/mol. The highest BCUT2D eigenvalue weighted by molar-refractivity contribution is 6.32. The number of amides is 1. The zero-order chi connectivity index (χ0) is 16.1. The highest BCUT2D eigenvalue weighted by atomic mass is 35.5. The van der Waals surface area contributed by atoms with Gasteiger partial charge < -0.3 is 4.74 Å². The first-order valence-corrected chi connectivity index (χ1v) is 6.95. The molecule has 0 aliphatic heterocycles. The molecule has 0 radical (unpaired) electrons. The molecule has 0 aliphatic rings. The zero-order valence-electron chi connectivity index (χ0n) is 12.3. The van der Waals surface area contributed by atoms with Crippen molar-refractivity contribution in [3.63, 3.8) is 0 Å². The number of ether oxygens (including phenoxy) is 1. The molecule has 1 aromatic heterocycles. The second-order valence-corrected chi connectivity index (χ2v) is 5.04. The van der Waals surface area contributed by atoms with Crippen molar-refractivity contribution in [3.8, 4) is 5.75 Å². The van der Waals surface area contributed by atoms with Gasteiger partial charge in [0, 0.05) is 5.02 Å². The van der Waals surface area contributed by atoms with E-state index in [1.807, 2.05) is 13.8 Å². The fraction of sp³-hybridized carbons (Fsp3) is 0.286. The molecule has 0 unspecified atom stereocenters. The number of carbonyl (C=O) groups is 1. The number of aryl methyl sites for hydroxylation is 2. The van der Waals surface area contributed by atoms with Crippen LogP contribution in [0, 0.1) is 13.8 Å². The molecular formula is C14H16ClN5O2. The number of rotatable bonds is 6. The van der Waals surface area contributed by atoms with E-state index in [1.54, 1.807) is 18.2 Å². The first-order valence-electron chi connectivity index (χ1n) is 6.57. The van der Waals surface area contributed by atoms with Crippen molar-refractivity contribution in [2.24, 2.45) is 0 Å². The summed E-state index contributed by atoms with van der Waals surface area (Å²) in [5.74, 6) is 0.333. The summed E-state index contributed by atoms with van der Waals surface area (Å²) in [6.45, 7) is 7.59. The number of tetrazole rings is 1. The maximum atomic E-state index is 11.8. The van der Waals surface area contributed by atoms with E-state index >= 15 is 0 Å². The number of allylic oxidation sites excluding steroid dienone is 1. The van der Waals surface area contributed by atoms with Crippen molar-refractivity contribution in [1.29, 1.82) is 0 Å². The van der Waals surface area contributed by atoms with Gasteiger partial charge in [-0.2, -0.15) is 4.80 Å². The van der Waals surface area contributed by atoms with Crippen LogP contribution in [-0.4, -0.2) is 32.7 Å². The van der Waals surface area contributed by atoms with E-state index in [4.69, 9.17) is 16.3 Å². The number of halogens is 1. The van der Waals surface area contributed by atoms with Crippen molar-refractivity contribution in [2.75, 3.05) is 11.9 Å². The molecule has 1 amide bonds. The lowest BCUT2D eigenvalue weighted by Gasteiger charge is -2.09. The molecule has 0 atom stereocenters. The smallest absolute Gasteiger partial charge is 0.270 e. The van der Waals surface area contributed by atoms with Crippen LogP contribution in [0.5, 0.6) is 5.75 Å². The predicted molar refractivity (Wildman–Crippen MR) is 83.1 cm³/mol. The minimum absolute atomic E-state index is 0.124. The van der Waals surface area contributed by atoms with E-state index in [-0.39, 0.29) is 18.5 Å². The van der Waals surface area contributed by atoms with Gasteiger partial charge in [0.15, 0.2) is 6.61 Å². The van der Waals surface area contributed by atoms with Gasteiger partial charge in [-0.15, -0.1) is 11.7 Å². The van der Waals surface area contributed by atoms with Crippen LogP contribution in [0.25, 0.3) is 0 Å². The molecule has 0 fully saturated rings. The second-order valence-electron chi connectivity index (χ2n) is 4.66. The lowest BCUT2D eigenvalue weighted by atomic mass is 10.1. The fourth-order valence-electron chi connectivity index (χ4n) is 1.79. The van der Waals surface area contributed by atoms with Gasteiger partial charge >= 0.3 is 0 Å². The summed E-state index contributed by atoms with van der Waals surface area (Å²) in [6, 6.07) is 3.56. The number of aromatic nitrogens is 4. The third-order valence-corrected chi connectivity index (χ3v) is 3.37. The van der Waals surface area contributed by atoms with E-state index < -0.39 is 0 Å². The van der Waals surface area contributed by atoms with Gasteiger partial charge in [-0.1, -0.05) is 22.8 Å². The van der Waals surface area contributed by atoms with Crippen LogP contribution in [0.2, 0.25) is 5.02 Å². The Bertz CT molecular complexity index is 675. The summed E-state index contributed by atoms with van der Waals surface area (Å²) >= 11 is 6.08. The van der Waals surface area contributed by atoms with E-state index in [2.05, 4.69) is 27.3 Å². The summed E-state index contributed by atoms with van der Waals surface area (Å²) in [5, 5.41) is 14.6. The standard InChI is InChI=1S/C14H16ClN5O2/c1-4-5-20-18-14(17-19-20)16-12(21)8-22-11-6-9(2)13(15)10(3)7-11/h4,6-7H,1,5,8H2,2-3H3,(H,16,18,21). The number of benzene rings is 1. The van der Waals surface area contributed by atoms with Gasteiger partial charge in [-0.3, -0.25) is 10.1 Å². The van der Waals surface area contributed by atoms with Crippen molar-refractivity contribution >= 4 is 23.5 Å². The Morgan fingerprint density at radius 3 is 2.77 bits per heavy atom. The highest BCUT2D eigenvalue weighted by Crippen LogP contribution is 2.25.